The van der Waals surface area contributed by atoms with Gasteiger partial charge in [0.1, 0.15) is 6.07 Å². The number of ketones is 1. The highest BCUT2D eigenvalue weighted by Crippen LogP contribution is 2.23. The van der Waals surface area contributed by atoms with E-state index in [2.05, 4.69) is 0 Å². The predicted octanol–water partition coefficient (Wildman–Crippen LogP) is 4.13. The third-order valence-electron chi connectivity index (χ3n) is 2.17. The van der Waals surface area contributed by atoms with Crippen molar-refractivity contribution in [1.82, 2.24) is 0 Å². The Labute approximate surface area is 110 Å². The molecule has 0 saturated heterocycles. The summed E-state index contributed by atoms with van der Waals surface area (Å²) in [5.41, 5.74) is 0.714. The molecule has 1 aromatic carbocycles. The van der Waals surface area contributed by atoms with Crippen LogP contribution in [-0.2, 0) is 4.79 Å². The van der Waals surface area contributed by atoms with Gasteiger partial charge in [-0.2, -0.15) is 5.26 Å². The van der Waals surface area contributed by atoms with Gasteiger partial charge in [-0.05, 0) is 23.8 Å². The van der Waals surface area contributed by atoms with E-state index in [1.165, 1.54) is 6.08 Å². The minimum atomic E-state index is -0.216. The summed E-state index contributed by atoms with van der Waals surface area (Å²) in [5, 5.41) is 9.88. The van der Waals surface area contributed by atoms with Crippen molar-refractivity contribution in [2.75, 3.05) is 0 Å². The summed E-state index contributed by atoms with van der Waals surface area (Å²) in [6.07, 6.45) is 1.49. The predicted molar refractivity (Wildman–Crippen MR) is 69.9 cm³/mol. The molecule has 0 aromatic heterocycles. The summed E-state index contributed by atoms with van der Waals surface area (Å²) in [6.45, 7) is 3.49. The van der Waals surface area contributed by atoms with Gasteiger partial charge in [-0.3, -0.25) is 4.79 Å². The minimum Gasteiger partial charge on any atom is -0.293 e. The van der Waals surface area contributed by atoms with Gasteiger partial charge in [0.05, 0.1) is 5.57 Å². The van der Waals surface area contributed by atoms with E-state index in [0.29, 0.717) is 15.6 Å². The Morgan fingerprint density at radius 3 is 2.53 bits per heavy atom. The van der Waals surface area contributed by atoms with Gasteiger partial charge in [0.2, 0.25) is 0 Å². The smallest absolute Gasteiger partial charge is 0.175 e. The van der Waals surface area contributed by atoms with Gasteiger partial charge in [-0.1, -0.05) is 43.1 Å². The van der Waals surface area contributed by atoms with Crippen molar-refractivity contribution >= 4 is 35.1 Å². The van der Waals surface area contributed by atoms with Gasteiger partial charge in [0, 0.05) is 16.0 Å². The van der Waals surface area contributed by atoms with Crippen LogP contribution < -0.4 is 0 Å². The quantitative estimate of drug-likeness (QED) is 0.611. The number of halogens is 2. The third kappa shape index (κ3) is 3.59. The molecule has 1 aromatic rings. The van der Waals surface area contributed by atoms with E-state index in [-0.39, 0.29) is 17.3 Å². The molecule has 0 aliphatic rings. The molecule has 0 amide bonds. The first-order valence-electron chi connectivity index (χ1n) is 5.06. The van der Waals surface area contributed by atoms with Crippen molar-refractivity contribution in [3.63, 3.8) is 0 Å². The number of rotatable bonds is 3. The number of hydrogen-bond acceptors (Lipinski definition) is 2. The Kier molecular flexibility index (Phi) is 4.74. The fourth-order valence-corrected chi connectivity index (χ4v) is 1.71. The fourth-order valence-electron chi connectivity index (χ4n) is 1.24. The molecule has 0 bridgehead atoms. The Morgan fingerprint density at radius 1 is 1.41 bits per heavy atom. The molecular formula is C13H11Cl2NO. The van der Waals surface area contributed by atoms with Crippen LogP contribution in [0.2, 0.25) is 10.0 Å². The minimum absolute atomic E-state index is 0.101. The molecule has 2 nitrogen and oxygen atoms in total. The lowest BCUT2D eigenvalue weighted by molar-refractivity contribution is -0.117. The first kappa shape index (κ1) is 13.8. The van der Waals surface area contributed by atoms with E-state index >= 15 is 0 Å². The van der Waals surface area contributed by atoms with Crippen molar-refractivity contribution in [1.29, 1.82) is 5.26 Å². The van der Waals surface area contributed by atoms with Crippen LogP contribution in [0.4, 0.5) is 0 Å². The highest BCUT2D eigenvalue weighted by atomic mass is 35.5. The number of hydrogen-bond donors (Lipinski definition) is 0. The first-order chi connectivity index (χ1) is 7.95. The zero-order valence-corrected chi connectivity index (χ0v) is 11.0. The van der Waals surface area contributed by atoms with Crippen LogP contribution in [-0.4, -0.2) is 5.78 Å². The van der Waals surface area contributed by atoms with Crippen LogP contribution in [0.15, 0.2) is 23.8 Å². The topological polar surface area (TPSA) is 40.9 Å². The fraction of sp³-hybridized carbons (Fsp3) is 0.231. The average Bonchev–Trinajstić information content (AvgIpc) is 2.27. The van der Waals surface area contributed by atoms with Crippen LogP contribution in [0.1, 0.15) is 19.4 Å². The lowest BCUT2D eigenvalue weighted by Crippen LogP contribution is -2.08. The van der Waals surface area contributed by atoms with Crippen LogP contribution in [0.5, 0.6) is 0 Å². The summed E-state index contributed by atoms with van der Waals surface area (Å²) in [6, 6.07) is 6.80. The molecule has 0 atom stereocenters. The van der Waals surface area contributed by atoms with E-state index < -0.39 is 0 Å². The molecule has 0 N–H and O–H groups in total. The van der Waals surface area contributed by atoms with Gasteiger partial charge in [-0.25, -0.2) is 0 Å². The number of carbonyl (C=O) groups excluding carboxylic acids is 1. The maximum Gasteiger partial charge on any atom is 0.175 e. The summed E-state index contributed by atoms with van der Waals surface area (Å²) in [4.78, 5) is 11.7. The number of nitriles is 1. The van der Waals surface area contributed by atoms with Gasteiger partial charge >= 0.3 is 0 Å². The summed E-state index contributed by atoms with van der Waals surface area (Å²) in [5.74, 6) is -0.412. The number of allylic oxidation sites excluding steroid dienone is 1. The van der Waals surface area contributed by atoms with Gasteiger partial charge in [-0.15, -0.1) is 0 Å². The maximum absolute atomic E-state index is 11.7. The number of Topliss-reactive ketones (excluding diaryl/α,β-unsaturated/α-hetero) is 1. The van der Waals surface area contributed by atoms with Crippen molar-refractivity contribution in [3.8, 4) is 6.07 Å². The second-order valence-electron chi connectivity index (χ2n) is 3.85. The molecule has 0 aliphatic heterocycles. The number of nitrogens with zero attached hydrogens (tertiary/aromatic N) is 1. The molecule has 0 radical (unpaired) electrons. The van der Waals surface area contributed by atoms with Crippen molar-refractivity contribution in [3.05, 3.63) is 39.4 Å². The maximum atomic E-state index is 11.7. The highest BCUT2D eigenvalue weighted by Gasteiger charge is 2.13. The lowest BCUT2D eigenvalue weighted by atomic mass is 10.00. The molecule has 1 rings (SSSR count). The highest BCUT2D eigenvalue weighted by molar-refractivity contribution is 6.35. The monoisotopic (exact) mass is 267 g/mol. The van der Waals surface area contributed by atoms with Gasteiger partial charge < -0.3 is 0 Å². The molecular weight excluding hydrogens is 257 g/mol. The molecule has 0 unspecified atom stereocenters. The summed E-state index contributed by atoms with van der Waals surface area (Å²) in [7, 11) is 0. The second-order valence-corrected chi connectivity index (χ2v) is 4.70. The molecule has 0 aliphatic carbocycles. The largest absolute Gasteiger partial charge is 0.293 e. The molecule has 0 fully saturated rings. The first-order valence-corrected chi connectivity index (χ1v) is 5.82. The molecule has 17 heavy (non-hydrogen) atoms. The molecule has 0 heterocycles. The normalized spacial score (nSPS) is 11.4. The Balaban J connectivity index is 3.17. The van der Waals surface area contributed by atoms with Crippen molar-refractivity contribution in [2.24, 2.45) is 5.92 Å². The Morgan fingerprint density at radius 2 is 2.06 bits per heavy atom. The van der Waals surface area contributed by atoms with Crippen LogP contribution in [0, 0.1) is 17.2 Å². The van der Waals surface area contributed by atoms with Crippen molar-refractivity contribution in [2.45, 2.75) is 13.8 Å². The lowest BCUT2D eigenvalue weighted by Gasteiger charge is -2.03. The molecule has 88 valence electrons. The third-order valence-corrected chi connectivity index (χ3v) is 2.74. The van der Waals surface area contributed by atoms with Gasteiger partial charge in [0.25, 0.3) is 0 Å². The zero-order valence-electron chi connectivity index (χ0n) is 9.50. The zero-order chi connectivity index (χ0) is 13.0. The van der Waals surface area contributed by atoms with Crippen molar-refractivity contribution < 1.29 is 4.79 Å². The average molecular weight is 268 g/mol. The van der Waals surface area contributed by atoms with E-state index in [1.54, 1.807) is 32.0 Å². The van der Waals surface area contributed by atoms with E-state index in [1.807, 2.05) is 6.07 Å². The SMILES string of the molecule is CC(C)C(=O)/C(C#N)=C\c1ccc(Cl)cc1Cl. The van der Waals surface area contributed by atoms with E-state index in [4.69, 9.17) is 28.5 Å². The van der Waals surface area contributed by atoms with Crippen LogP contribution in [0.25, 0.3) is 6.08 Å². The van der Waals surface area contributed by atoms with Crippen LogP contribution >= 0.6 is 23.2 Å². The van der Waals surface area contributed by atoms with Gasteiger partial charge in [0.15, 0.2) is 5.78 Å². The Hall–Kier alpha value is -1.30. The molecule has 0 spiro atoms. The van der Waals surface area contributed by atoms with E-state index in [9.17, 15) is 4.79 Å². The van der Waals surface area contributed by atoms with E-state index in [0.717, 1.165) is 0 Å². The summed E-state index contributed by atoms with van der Waals surface area (Å²) < 4.78 is 0. The number of benzene rings is 1. The molecule has 0 saturated carbocycles. The Bertz CT molecular complexity index is 513. The molecule has 4 heteroatoms. The van der Waals surface area contributed by atoms with Crippen LogP contribution in [0.3, 0.4) is 0 Å². The number of carbonyl (C=O) groups is 1. The summed E-state index contributed by atoms with van der Waals surface area (Å²) >= 11 is 11.7. The standard InChI is InChI=1S/C13H11Cl2NO/c1-8(2)13(17)10(7-16)5-9-3-4-11(14)6-12(9)15/h3-6,8H,1-2H3/b10-5-. The second kappa shape index (κ2) is 5.86.